The van der Waals surface area contributed by atoms with Gasteiger partial charge in [0.25, 0.3) is 0 Å². The molecule has 1 aromatic carbocycles. The molecule has 1 aliphatic heterocycles. The quantitative estimate of drug-likeness (QED) is 0.647. The fraction of sp³-hybridized carbons (Fsp3) is 0.526. The Balaban J connectivity index is 1.44. The highest BCUT2D eigenvalue weighted by Gasteiger charge is 2.32. The van der Waals surface area contributed by atoms with E-state index < -0.39 is 0 Å². The van der Waals surface area contributed by atoms with E-state index in [1.165, 1.54) is 5.56 Å². The number of nitrogens with one attached hydrogen (secondary N) is 1. The van der Waals surface area contributed by atoms with Gasteiger partial charge in [0.2, 0.25) is 5.91 Å². The van der Waals surface area contributed by atoms with E-state index in [0.717, 1.165) is 30.8 Å². The molecular formula is C19H25NO3. The highest BCUT2D eigenvalue weighted by molar-refractivity contribution is 5.76. The lowest BCUT2D eigenvalue weighted by Gasteiger charge is -2.18. The molecule has 4 nitrogen and oxygen atoms in total. The summed E-state index contributed by atoms with van der Waals surface area (Å²) in [6.07, 6.45) is 7.95. The molecule has 0 spiro atoms. The monoisotopic (exact) mass is 315 g/mol. The topological polar surface area (TPSA) is 47.6 Å². The van der Waals surface area contributed by atoms with E-state index in [1.54, 1.807) is 0 Å². The van der Waals surface area contributed by atoms with Gasteiger partial charge in [-0.2, -0.15) is 0 Å². The Labute approximate surface area is 137 Å². The first-order valence-electron chi connectivity index (χ1n) is 8.40. The summed E-state index contributed by atoms with van der Waals surface area (Å²) in [7, 11) is 0. The van der Waals surface area contributed by atoms with Crippen LogP contribution in [0.15, 0.2) is 30.4 Å². The first-order valence-corrected chi connectivity index (χ1v) is 8.40. The summed E-state index contributed by atoms with van der Waals surface area (Å²) in [5, 5.41) is 2.93. The fourth-order valence-corrected chi connectivity index (χ4v) is 3.23. The molecule has 1 heterocycles. The number of para-hydroxylation sites is 1. The maximum atomic E-state index is 11.9. The number of hydrogen-bond acceptors (Lipinski definition) is 3. The van der Waals surface area contributed by atoms with Gasteiger partial charge in [-0.25, -0.2) is 0 Å². The number of benzene rings is 1. The summed E-state index contributed by atoms with van der Waals surface area (Å²) in [4.78, 5) is 11.9. The van der Waals surface area contributed by atoms with Crippen molar-refractivity contribution in [2.75, 3.05) is 13.2 Å². The first kappa shape index (κ1) is 15.9. The highest BCUT2D eigenvalue weighted by atomic mass is 16.5. The third-order valence-electron chi connectivity index (χ3n) is 4.30. The van der Waals surface area contributed by atoms with Crippen LogP contribution in [0.2, 0.25) is 0 Å². The van der Waals surface area contributed by atoms with Gasteiger partial charge >= 0.3 is 0 Å². The number of fused-ring (bicyclic) bond motifs is 1. The molecule has 1 amide bonds. The number of carbonyl (C=O) groups excluding carboxylic acids is 1. The molecule has 0 radical (unpaired) electrons. The zero-order chi connectivity index (χ0) is 16.3. The normalized spacial score (nSPS) is 20.9. The maximum Gasteiger partial charge on any atom is 0.220 e. The average molecular weight is 315 g/mol. The van der Waals surface area contributed by atoms with Gasteiger partial charge in [-0.05, 0) is 38.7 Å². The molecule has 0 bridgehead atoms. The number of ether oxygens (including phenoxy) is 2. The molecule has 1 atom stereocenters. The summed E-state index contributed by atoms with van der Waals surface area (Å²) >= 11 is 0. The van der Waals surface area contributed by atoms with E-state index in [0.29, 0.717) is 25.5 Å². The summed E-state index contributed by atoms with van der Waals surface area (Å²) in [6, 6.07) is 5.99. The van der Waals surface area contributed by atoms with Crippen molar-refractivity contribution in [2.24, 2.45) is 5.92 Å². The average Bonchev–Trinajstić information content (AvgIpc) is 3.09. The minimum absolute atomic E-state index is 0.0980. The molecule has 124 valence electrons. The second-order valence-corrected chi connectivity index (χ2v) is 6.95. The van der Waals surface area contributed by atoms with Crippen LogP contribution in [0.1, 0.15) is 38.7 Å². The van der Waals surface area contributed by atoms with Gasteiger partial charge in [-0.3, -0.25) is 4.79 Å². The Bertz CT molecular complexity index is 607. The van der Waals surface area contributed by atoms with Crippen LogP contribution in [0.25, 0.3) is 0 Å². The molecule has 1 aromatic rings. The Morgan fingerprint density at radius 2 is 2.30 bits per heavy atom. The van der Waals surface area contributed by atoms with E-state index in [1.807, 2.05) is 12.1 Å². The van der Waals surface area contributed by atoms with E-state index in [9.17, 15) is 4.79 Å². The number of carbonyl (C=O) groups is 1. The van der Waals surface area contributed by atoms with Crippen LogP contribution in [0, 0.1) is 5.92 Å². The molecule has 0 fully saturated rings. The van der Waals surface area contributed by atoms with Crippen molar-refractivity contribution in [1.82, 2.24) is 5.32 Å². The molecule has 4 heteroatoms. The van der Waals surface area contributed by atoms with Crippen molar-refractivity contribution in [2.45, 2.75) is 45.1 Å². The lowest BCUT2D eigenvalue weighted by atomic mass is 10.0. The maximum absolute atomic E-state index is 11.9. The Morgan fingerprint density at radius 3 is 3.09 bits per heavy atom. The van der Waals surface area contributed by atoms with Gasteiger partial charge in [-0.1, -0.05) is 24.3 Å². The smallest absolute Gasteiger partial charge is 0.220 e. The minimum Gasteiger partial charge on any atom is -0.488 e. The Kier molecular flexibility index (Phi) is 4.60. The van der Waals surface area contributed by atoms with Gasteiger partial charge in [0.05, 0.1) is 6.54 Å². The van der Waals surface area contributed by atoms with Crippen molar-refractivity contribution in [3.63, 3.8) is 0 Å². The predicted molar refractivity (Wildman–Crippen MR) is 89.8 cm³/mol. The third-order valence-corrected chi connectivity index (χ3v) is 4.30. The molecule has 0 aromatic heterocycles. The summed E-state index contributed by atoms with van der Waals surface area (Å²) < 4.78 is 11.8. The van der Waals surface area contributed by atoms with Crippen molar-refractivity contribution < 1.29 is 14.3 Å². The Morgan fingerprint density at radius 1 is 1.43 bits per heavy atom. The molecule has 0 unspecified atom stereocenters. The second kappa shape index (κ2) is 6.65. The fourth-order valence-electron chi connectivity index (χ4n) is 3.23. The predicted octanol–water partition coefficient (Wildman–Crippen LogP) is 3.25. The zero-order valence-electron chi connectivity index (χ0n) is 13.9. The van der Waals surface area contributed by atoms with Gasteiger partial charge in [0.1, 0.15) is 12.2 Å². The van der Waals surface area contributed by atoms with Crippen LogP contribution in [0.3, 0.4) is 0 Å². The van der Waals surface area contributed by atoms with Crippen molar-refractivity contribution in [3.8, 4) is 11.5 Å². The van der Waals surface area contributed by atoms with E-state index in [2.05, 4.69) is 37.4 Å². The molecule has 3 rings (SSSR count). The number of allylic oxidation sites excluding steroid dienone is 2. The molecule has 0 saturated heterocycles. The summed E-state index contributed by atoms with van der Waals surface area (Å²) in [5.74, 6) is 2.12. The first-order chi connectivity index (χ1) is 11.0. The van der Waals surface area contributed by atoms with Crippen molar-refractivity contribution in [3.05, 3.63) is 35.9 Å². The molecule has 0 saturated carbocycles. The molecule has 2 aliphatic rings. The van der Waals surface area contributed by atoms with Gasteiger partial charge in [0, 0.05) is 18.4 Å². The number of amides is 1. The third kappa shape index (κ3) is 4.06. The van der Waals surface area contributed by atoms with Gasteiger partial charge in [-0.15, -0.1) is 0 Å². The lowest BCUT2D eigenvalue weighted by molar-refractivity contribution is -0.121. The van der Waals surface area contributed by atoms with Crippen LogP contribution in [-0.2, 0) is 11.2 Å². The van der Waals surface area contributed by atoms with Crippen LogP contribution >= 0.6 is 0 Å². The summed E-state index contributed by atoms with van der Waals surface area (Å²) in [5.41, 5.74) is 1.01. The highest BCUT2D eigenvalue weighted by Crippen LogP contribution is 2.41. The van der Waals surface area contributed by atoms with Crippen molar-refractivity contribution in [1.29, 1.82) is 0 Å². The van der Waals surface area contributed by atoms with Gasteiger partial charge in [0.15, 0.2) is 11.5 Å². The summed E-state index contributed by atoms with van der Waals surface area (Å²) in [6.45, 7) is 5.12. The number of hydrogen-bond donors (Lipinski definition) is 1. The van der Waals surface area contributed by atoms with Crippen molar-refractivity contribution >= 4 is 5.91 Å². The minimum atomic E-state index is -0.176. The van der Waals surface area contributed by atoms with E-state index in [-0.39, 0.29) is 11.5 Å². The van der Waals surface area contributed by atoms with Crippen LogP contribution in [0.4, 0.5) is 0 Å². The standard InChI is InChI=1S/C19H25NO3/c1-19(2)13-15-8-5-9-16(18(15)23-19)22-11-10-20-17(21)12-14-6-3-4-7-14/h3,5-6,8-9,14H,4,7,10-13H2,1-2H3,(H,20,21)/t14-/m1/s1. The zero-order valence-corrected chi connectivity index (χ0v) is 13.9. The second-order valence-electron chi connectivity index (χ2n) is 6.95. The van der Waals surface area contributed by atoms with E-state index in [4.69, 9.17) is 9.47 Å². The van der Waals surface area contributed by atoms with Gasteiger partial charge < -0.3 is 14.8 Å². The molecule has 1 aliphatic carbocycles. The molecule has 23 heavy (non-hydrogen) atoms. The van der Waals surface area contributed by atoms with E-state index >= 15 is 0 Å². The lowest BCUT2D eigenvalue weighted by Crippen LogP contribution is -2.29. The number of rotatable bonds is 6. The van der Waals surface area contributed by atoms with Crippen LogP contribution in [-0.4, -0.2) is 24.7 Å². The van der Waals surface area contributed by atoms with Crippen LogP contribution < -0.4 is 14.8 Å². The molecule has 1 N–H and O–H groups in total. The largest absolute Gasteiger partial charge is 0.488 e. The SMILES string of the molecule is CC1(C)Cc2cccc(OCCNC(=O)C[C@@H]3C=CCC3)c2O1. The Hall–Kier alpha value is -1.97. The van der Waals surface area contributed by atoms with Crippen LogP contribution in [0.5, 0.6) is 11.5 Å². The molecular weight excluding hydrogens is 290 g/mol.